The summed E-state index contributed by atoms with van der Waals surface area (Å²) in [5.41, 5.74) is 0. The SMILES string of the molecule is CC/C=C\C/C=C\C/C=C\C/C=C\C/C=C\C/C=C\C/C=C\C/C=C\C/C=C\CCCCCC(=O)NC(COP(=O)(O)OCC[N+](C)(C)C)C(O)/C=C/CC/C=C/CC/C=C/CCCCCCCCCCCCCCCCCCCC. The number of unbranched alkanes of at least 4 members (excludes halogenated alkanes) is 23. The van der Waals surface area contributed by atoms with Gasteiger partial charge in [0.1, 0.15) is 13.2 Å². The van der Waals surface area contributed by atoms with Crippen molar-refractivity contribution in [2.45, 2.75) is 264 Å². The maximum atomic E-state index is 13.0. The number of phosphoric acid groups is 1. The first kappa shape index (κ1) is 77.4. The van der Waals surface area contributed by atoms with Crippen LogP contribution in [0, 0.1) is 0 Å². The molecule has 0 bridgehead atoms. The largest absolute Gasteiger partial charge is 0.472 e. The lowest BCUT2D eigenvalue weighted by Gasteiger charge is -2.25. The highest BCUT2D eigenvalue weighted by Gasteiger charge is 2.27. The van der Waals surface area contributed by atoms with Crippen LogP contribution >= 0.6 is 7.82 Å². The Morgan fingerprint density at radius 3 is 1.14 bits per heavy atom. The molecule has 8 nitrogen and oxygen atoms in total. The van der Waals surface area contributed by atoms with Crippen molar-refractivity contribution >= 4 is 13.7 Å². The Morgan fingerprint density at radius 2 is 0.753 bits per heavy atom. The smallest absolute Gasteiger partial charge is 0.387 e. The van der Waals surface area contributed by atoms with Crippen LogP contribution in [-0.2, 0) is 18.4 Å². The Bertz CT molecular complexity index is 1830. The Kier molecular flexibility index (Phi) is 58.2. The molecule has 81 heavy (non-hydrogen) atoms. The van der Waals surface area contributed by atoms with E-state index < -0.39 is 20.0 Å². The highest BCUT2D eigenvalue weighted by molar-refractivity contribution is 7.47. The molecule has 0 aliphatic rings. The van der Waals surface area contributed by atoms with Crippen LogP contribution in [0.5, 0.6) is 0 Å². The zero-order valence-corrected chi connectivity index (χ0v) is 53.6. The van der Waals surface area contributed by atoms with Crippen molar-refractivity contribution in [3.63, 3.8) is 0 Å². The molecule has 9 heteroatoms. The average Bonchev–Trinajstić information content (AvgIpc) is 3.43. The molecule has 0 radical (unpaired) electrons. The Labute approximate surface area is 499 Å². The van der Waals surface area contributed by atoms with Gasteiger partial charge >= 0.3 is 7.82 Å². The summed E-state index contributed by atoms with van der Waals surface area (Å²) in [6.45, 7) is 4.65. The van der Waals surface area contributed by atoms with Crippen LogP contribution in [0.15, 0.2) is 146 Å². The lowest BCUT2D eigenvalue weighted by atomic mass is 10.0. The van der Waals surface area contributed by atoms with Crippen molar-refractivity contribution in [1.82, 2.24) is 5.32 Å². The molecular weight excluding hydrogens is 1020 g/mol. The molecule has 0 spiro atoms. The number of carbonyl (C=O) groups is 1. The van der Waals surface area contributed by atoms with E-state index in [0.29, 0.717) is 23.9 Å². The zero-order valence-electron chi connectivity index (χ0n) is 52.7. The summed E-state index contributed by atoms with van der Waals surface area (Å²) >= 11 is 0. The van der Waals surface area contributed by atoms with Crippen LogP contribution in [0.3, 0.4) is 0 Å². The van der Waals surface area contributed by atoms with Crippen LogP contribution in [0.2, 0.25) is 0 Å². The summed E-state index contributed by atoms with van der Waals surface area (Å²) in [5, 5.41) is 13.9. The minimum Gasteiger partial charge on any atom is -0.387 e. The molecule has 0 aliphatic heterocycles. The molecule has 0 rings (SSSR count). The molecule has 3 N–H and O–H groups in total. The van der Waals surface area contributed by atoms with E-state index in [1.165, 1.54) is 122 Å². The summed E-state index contributed by atoms with van der Waals surface area (Å²) in [6.07, 6.45) is 94.1. The standard InChI is InChI=1S/C72H123N2O6P/c1-6-8-10-12-14-16-18-20-22-24-26-28-30-32-34-36-37-38-40-42-44-46-48-50-52-54-56-58-60-62-64-66-72(76)73-70(69-80-81(77,78)79-68-67-74(3,4)5)71(75)65-63-61-59-57-55-53-51-49-47-45-43-41-39-35-33-31-29-27-25-23-21-19-17-15-13-11-9-7-2/h8,10,14,16,20,22,26,28,32,34,37-38,42,44,47-50,54-57,63,65,70-71,75H,6-7,9,11-13,15,17-19,21,23-25,27,29-31,33,35-36,39-41,43,45-46,51-53,58-62,64,66-69H2,1-5H3,(H-,73,76,77,78)/p+1/b10-8-,16-14-,22-20-,28-26-,34-32-,38-37-,44-42-,49-47+,50-48-,56-54-,57-55+,65-63+. The molecule has 3 atom stereocenters. The fourth-order valence-corrected chi connectivity index (χ4v) is 9.45. The fraction of sp³-hybridized carbons (Fsp3) is 0.653. The van der Waals surface area contributed by atoms with Crippen LogP contribution in [0.1, 0.15) is 251 Å². The fourth-order valence-electron chi connectivity index (χ4n) is 8.71. The number of rotatable bonds is 58. The normalized spacial score (nSPS) is 14.7. The van der Waals surface area contributed by atoms with Gasteiger partial charge in [0.2, 0.25) is 5.91 Å². The minimum atomic E-state index is -4.39. The molecule has 0 saturated heterocycles. The maximum absolute atomic E-state index is 13.0. The summed E-state index contributed by atoms with van der Waals surface area (Å²) < 4.78 is 23.7. The number of allylic oxidation sites excluding steroid dienone is 23. The van der Waals surface area contributed by atoms with E-state index in [1.807, 2.05) is 27.2 Å². The van der Waals surface area contributed by atoms with Crippen molar-refractivity contribution < 1.29 is 32.9 Å². The number of phosphoric ester groups is 1. The molecule has 3 unspecified atom stereocenters. The third-order valence-electron chi connectivity index (χ3n) is 13.8. The van der Waals surface area contributed by atoms with E-state index in [9.17, 15) is 19.4 Å². The van der Waals surface area contributed by atoms with Crippen molar-refractivity contribution in [3.05, 3.63) is 146 Å². The quantitative estimate of drug-likeness (QED) is 0.0243. The third kappa shape index (κ3) is 63.8. The molecular formula is C72H124N2O6P+. The molecule has 0 heterocycles. The second-order valence-electron chi connectivity index (χ2n) is 22.7. The first-order valence-corrected chi connectivity index (χ1v) is 34.2. The van der Waals surface area contributed by atoms with Gasteiger partial charge in [-0.3, -0.25) is 13.8 Å². The van der Waals surface area contributed by atoms with E-state index in [-0.39, 0.29) is 19.1 Å². The van der Waals surface area contributed by atoms with Gasteiger partial charge in [-0.1, -0.05) is 275 Å². The van der Waals surface area contributed by atoms with E-state index in [0.717, 1.165) is 103 Å². The Balaban J connectivity index is 4.33. The number of aliphatic hydroxyl groups is 1. The number of aliphatic hydroxyl groups excluding tert-OH is 1. The topological polar surface area (TPSA) is 105 Å². The molecule has 0 aromatic heterocycles. The van der Waals surface area contributed by atoms with Crippen molar-refractivity contribution in [3.8, 4) is 0 Å². The number of likely N-dealkylation sites (N-methyl/N-ethyl adjacent to an activating group) is 1. The van der Waals surface area contributed by atoms with Gasteiger partial charge in [-0.2, -0.15) is 0 Å². The van der Waals surface area contributed by atoms with Crippen molar-refractivity contribution in [1.29, 1.82) is 0 Å². The van der Waals surface area contributed by atoms with Crippen LogP contribution < -0.4 is 5.32 Å². The monoisotopic (exact) mass is 1140 g/mol. The number of nitrogens with zero attached hydrogens (tertiary/aromatic N) is 1. The lowest BCUT2D eigenvalue weighted by Crippen LogP contribution is -2.45. The summed E-state index contributed by atoms with van der Waals surface area (Å²) in [6, 6.07) is -0.901. The highest BCUT2D eigenvalue weighted by Crippen LogP contribution is 2.43. The average molecular weight is 1140 g/mol. The van der Waals surface area contributed by atoms with Gasteiger partial charge in [-0.25, -0.2) is 4.57 Å². The number of hydrogen-bond acceptors (Lipinski definition) is 5. The predicted octanol–water partition coefficient (Wildman–Crippen LogP) is 20.8. The number of carbonyl (C=O) groups excluding carboxylic acids is 1. The lowest BCUT2D eigenvalue weighted by molar-refractivity contribution is -0.870. The molecule has 0 aromatic carbocycles. The van der Waals surface area contributed by atoms with Gasteiger partial charge < -0.3 is 19.8 Å². The number of hydrogen-bond donors (Lipinski definition) is 3. The van der Waals surface area contributed by atoms with Gasteiger partial charge in [0.25, 0.3) is 0 Å². The summed E-state index contributed by atoms with van der Waals surface area (Å²) in [5.74, 6) is -0.228. The van der Waals surface area contributed by atoms with E-state index >= 15 is 0 Å². The van der Waals surface area contributed by atoms with Gasteiger partial charge in [0.15, 0.2) is 0 Å². The molecule has 0 aliphatic carbocycles. The second-order valence-corrected chi connectivity index (χ2v) is 24.2. The molecule has 0 aromatic rings. The number of amides is 1. The van der Waals surface area contributed by atoms with Crippen molar-refractivity contribution in [2.24, 2.45) is 0 Å². The first-order valence-electron chi connectivity index (χ1n) is 32.7. The van der Waals surface area contributed by atoms with Gasteiger partial charge in [-0.05, 0) is 116 Å². The highest BCUT2D eigenvalue weighted by atomic mass is 31.2. The molecule has 1 amide bonds. The second kappa shape index (κ2) is 61.0. The third-order valence-corrected chi connectivity index (χ3v) is 14.8. The molecule has 0 saturated carbocycles. The summed E-state index contributed by atoms with van der Waals surface area (Å²) in [4.78, 5) is 23.4. The minimum absolute atomic E-state index is 0.0382. The maximum Gasteiger partial charge on any atom is 0.472 e. The summed E-state index contributed by atoms with van der Waals surface area (Å²) in [7, 11) is 1.50. The van der Waals surface area contributed by atoms with E-state index in [4.69, 9.17) is 9.05 Å². The van der Waals surface area contributed by atoms with Crippen molar-refractivity contribution in [2.75, 3.05) is 40.9 Å². The van der Waals surface area contributed by atoms with Crippen LogP contribution in [0.4, 0.5) is 0 Å². The van der Waals surface area contributed by atoms with Gasteiger partial charge in [-0.15, -0.1) is 0 Å². The number of nitrogens with one attached hydrogen (secondary N) is 1. The zero-order chi connectivity index (χ0) is 59.1. The predicted molar refractivity (Wildman–Crippen MR) is 354 cm³/mol. The molecule has 0 fully saturated rings. The van der Waals surface area contributed by atoms with Gasteiger partial charge in [0, 0.05) is 6.42 Å². The Hall–Kier alpha value is -3.62. The van der Waals surface area contributed by atoms with E-state index in [1.54, 1.807) is 6.08 Å². The first-order chi connectivity index (χ1) is 39.5. The van der Waals surface area contributed by atoms with Gasteiger partial charge in [0.05, 0.1) is 39.9 Å². The number of quaternary nitrogens is 1. The van der Waals surface area contributed by atoms with E-state index in [2.05, 4.69) is 153 Å². The van der Waals surface area contributed by atoms with Crippen LogP contribution in [-0.4, -0.2) is 73.4 Å². The molecule has 462 valence electrons. The Morgan fingerprint density at radius 1 is 0.432 bits per heavy atom. The van der Waals surface area contributed by atoms with Crippen LogP contribution in [0.25, 0.3) is 0 Å².